The van der Waals surface area contributed by atoms with E-state index in [9.17, 15) is 14.3 Å². The van der Waals surface area contributed by atoms with E-state index in [1.807, 2.05) is 30.3 Å². The molecule has 1 unspecified atom stereocenters. The van der Waals surface area contributed by atoms with E-state index in [4.69, 9.17) is 10.8 Å². The second kappa shape index (κ2) is 7.58. The lowest BCUT2D eigenvalue weighted by Gasteiger charge is -2.19. The van der Waals surface area contributed by atoms with Crippen molar-refractivity contribution in [2.75, 3.05) is 6.16 Å². The molecule has 0 fully saturated rings. The van der Waals surface area contributed by atoms with Gasteiger partial charge in [0.05, 0.1) is 11.7 Å². The van der Waals surface area contributed by atoms with Gasteiger partial charge < -0.3 is 15.7 Å². The van der Waals surface area contributed by atoms with Crippen molar-refractivity contribution in [1.82, 2.24) is 0 Å². The van der Waals surface area contributed by atoms with E-state index in [2.05, 4.69) is 0 Å². The molecule has 0 heterocycles. The maximum absolute atomic E-state index is 11.8. The van der Waals surface area contributed by atoms with Crippen molar-refractivity contribution < 1.29 is 19.4 Å². The highest BCUT2D eigenvalue weighted by Crippen LogP contribution is 2.46. The van der Waals surface area contributed by atoms with Gasteiger partial charge in [0, 0.05) is 6.16 Å². The molecule has 4 N–H and O–H groups in total. The fourth-order valence-corrected chi connectivity index (χ4v) is 3.27. The first-order chi connectivity index (χ1) is 9.33. The molecule has 0 aliphatic carbocycles. The average molecular weight is 299 g/mol. The normalized spacial score (nSPS) is 17.1. The van der Waals surface area contributed by atoms with Gasteiger partial charge >= 0.3 is 5.97 Å². The molecule has 0 saturated heterocycles. The Kier molecular flexibility index (Phi) is 6.40. The minimum Gasteiger partial charge on any atom is -0.481 e. The van der Waals surface area contributed by atoms with Crippen LogP contribution in [-0.4, -0.2) is 27.9 Å². The molecule has 112 valence electrons. The summed E-state index contributed by atoms with van der Waals surface area (Å²) >= 11 is 0. The molecule has 0 aliphatic rings. The Morgan fingerprint density at radius 1 is 1.35 bits per heavy atom. The number of aliphatic carboxylic acids is 1. The smallest absolute Gasteiger partial charge is 0.307 e. The monoisotopic (exact) mass is 299 g/mol. The number of hydrogen-bond donors (Lipinski definition) is 3. The predicted molar refractivity (Wildman–Crippen MR) is 78.8 cm³/mol. The van der Waals surface area contributed by atoms with Crippen molar-refractivity contribution in [3.05, 3.63) is 35.9 Å². The van der Waals surface area contributed by atoms with Crippen molar-refractivity contribution in [1.29, 1.82) is 0 Å². The summed E-state index contributed by atoms with van der Waals surface area (Å²) in [5.74, 6) is -2.74. The van der Waals surface area contributed by atoms with Crippen LogP contribution < -0.4 is 5.73 Å². The van der Waals surface area contributed by atoms with Gasteiger partial charge in [0.15, 0.2) is 0 Å². The topological polar surface area (TPSA) is 101 Å². The fraction of sp³-hybridized carbons (Fsp3) is 0.500. The van der Waals surface area contributed by atoms with Gasteiger partial charge in [-0.25, -0.2) is 0 Å². The van der Waals surface area contributed by atoms with Crippen molar-refractivity contribution in [3.8, 4) is 0 Å². The van der Waals surface area contributed by atoms with E-state index in [0.29, 0.717) is 12.8 Å². The van der Waals surface area contributed by atoms with Crippen LogP contribution in [0.15, 0.2) is 30.3 Å². The van der Waals surface area contributed by atoms with Crippen molar-refractivity contribution >= 4 is 13.3 Å². The van der Waals surface area contributed by atoms with Gasteiger partial charge in [-0.15, -0.1) is 0 Å². The number of aryl methyl sites for hydroxylation is 1. The van der Waals surface area contributed by atoms with Crippen LogP contribution in [0.4, 0.5) is 0 Å². The average Bonchev–Trinajstić information content (AvgIpc) is 2.38. The zero-order chi connectivity index (χ0) is 15.2. The lowest BCUT2D eigenvalue weighted by molar-refractivity contribution is -0.141. The van der Waals surface area contributed by atoms with Gasteiger partial charge in [0.25, 0.3) is 0 Å². The molecule has 1 aromatic carbocycles. The van der Waals surface area contributed by atoms with E-state index >= 15 is 0 Å². The highest BCUT2D eigenvalue weighted by molar-refractivity contribution is 7.58. The summed E-state index contributed by atoms with van der Waals surface area (Å²) in [5, 5.41) is 9.14. The van der Waals surface area contributed by atoms with Crippen LogP contribution in [0.5, 0.6) is 0 Å². The Morgan fingerprint density at radius 3 is 2.45 bits per heavy atom. The van der Waals surface area contributed by atoms with Crippen molar-refractivity contribution in [2.45, 2.75) is 32.0 Å². The molecular formula is C14H22NO4P. The van der Waals surface area contributed by atoms with Crippen LogP contribution >= 0.6 is 7.37 Å². The summed E-state index contributed by atoms with van der Waals surface area (Å²) in [4.78, 5) is 20.9. The molecule has 1 rings (SSSR count). The van der Waals surface area contributed by atoms with Gasteiger partial charge in [0.2, 0.25) is 7.37 Å². The van der Waals surface area contributed by atoms with Crippen molar-refractivity contribution in [3.63, 3.8) is 0 Å². The van der Waals surface area contributed by atoms with E-state index < -0.39 is 25.0 Å². The number of benzene rings is 1. The molecule has 5 nitrogen and oxygen atoms in total. The summed E-state index contributed by atoms with van der Waals surface area (Å²) in [6.07, 6.45) is 1.55. The van der Waals surface area contributed by atoms with E-state index in [1.54, 1.807) is 0 Å². The molecule has 20 heavy (non-hydrogen) atoms. The Labute approximate surface area is 119 Å². The van der Waals surface area contributed by atoms with Gasteiger partial charge in [0.1, 0.15) is 0 Å². The Bertz CT molecular complexity index is 475. The summed E-state index contributed by atoms with van der Waals surface area (Å²) < 4.78 is 11.8. The Hall–Kier alpha value is -1.16. The standard InChI is InChI=1S/C14H22NO4P/c1-11(15)20(18,19)10-13(14(16)17)9-5-8-12-6-3-2-4-7-12/h2-4,6-7,11,13H,5,8-10,15H2,1H3,(H,16,17)(H,18,19)/t11-,13-/m1/s1. The first-order valence-electron chi connectivity index (χ1n) is 6.66. The van der Waals surface area contributed by atoms with Crippen LogP contribution in [0.1, 0.15) is 25.3 Å². The number of hydrogen-bond acceptors (Lipinski definition) is 3. The summed E-state index contributed by atoms with van der Waals surface area (Å²) in [6.45, 7) is 1.43. The fourth-order valence-electron chi connectivity index (χ4n) is 1.97. The third-order valence-electron chi connectivity index (χ3n) is 3.33. The lowest BCUT2D eigenvalue weighted by atomic mass is 10.0. The summed E-state index contributed by atoms with van der Waals surface area (Å²) in [5.41, 5.74) is 6.57. The quantitative estimate of drug-likeness (QED) is 0.639. The third-order valence-corrected chi connectivity index (χ3v) is 5.57. The molecular weight excluding hydrogens is 277 g/mol. The second-order valence-electron chi connectivity index (χ2n) is 5.09. The Balaban J connectivity index is 2.52. The number of carboxylic acid groups (broad SMARTS) is 1. The van der Waals surface area contributed by atoms with Gasteiger partial charge in [-0.1, -0.05) is 30.3 Å². The molecule has 0 spiro atoms. The Morgan fingerprint density at radius 2 is 1.95 bits per heavy atom. The molecule has 1 aromatic rings. The summed E-state index contributed by atoms with van der Waals surface area (Å²) in [6, 6.07) is 9.75. The van der Waals surface area contributed by atoms with Gasteiger partial charge in [-0.05, 0) is 31.7 Å². The third kappa shape index (κ3) is 5.45. The predicted octanol–water partition coefficient (Wildman–Crippen LogP) is 2.29. The molecule has 0 bridgehead atoms. The molecule has 0 saturated carbocycles. The van der Waals surface area contributed by atoms with Gasteiger partial charge in [-0.3, -0.25) is 9.36 Å². The van der Waals surface area contributed by atoms with E-state index in [0.717, 1.165) is 12.0 Å². The van der Waals surface area contributed by atoms with E-state index in [-0.39, 0.29) is 6.16 Å². The maximum atomic E-state index is 11.8. The van der Waals surface area contributed by atoms with Crippen molar-refractivity contribution in [2.24, 2.45) is 11.7 Å². The maximum Gasteiger partial charge on any atom is 0.307 e. The zero-order valence-corrected chi connectivity index (χ0v) is 12.5. The first kappa shape index (κ1) is 16.9. The van der Waals surface area contributed by atoms with Crippen LogP contribution in [0.3, 0.4) is 0 Å². The minimum atomic E-state index is -3.59. The number of rotatable bonds is 8. The number of nitrogens with two attached hydrogens (primary N) is 1. The lowest BCUT2D eigenvalue weighted by Crippen LogP contribution is -2.24. The van der Waals surface area contributed by atoms with Crippen LogP contribution in [0, 0.1) is 5.92 Å². The zero-order valence-electron chi connectivity index (χ0n) is 11.6. The number of carboxylic acids is 1. The van der Waals surface area contributed by atoms with Gasteiger partial charge in [-0.2, -0.15) is 0 Å². The highest BCUT2D eigenvalue weighted by Gasteiger charge is 2.31. The summed E-state index contributed by atoms with van der Waals surface area (Å²) in [7, 11) is -3.59. The molecule has 0 radical (unpaired) electrons. The molecule has 6 heteroatoms. The van der Waals surface area contributed by atoms with Crippen LogP contribution in [0.25, 0.3) is 0 Å². The SMILES string of the molecule is C[C@H](N)P(=O)(O)C[C@@H](CCCc1ccccc1)C(=O)O. The highest BCUT2D eigenvalue weighted by atomic mass is 31.2. The van der Waals surface area contributed by atoms with Crippen LogP contribution in [-0.2, 0) is 15.8 Å². The van der Waals surface area contributed by atoms with Crippen LogP contribution in [0.2, 0.25) is 0 Å². The minimum absolute atomic E-state index is 0.255. The first-order valence-corrected chi connectivity index (χ1v) is 8.58. The number of carbonyl (C=O) groups is 1. The molecule has 3 atom stereocenters. The molecule has 0 amide bonds. The second-order valence-corrected chi connectivity index (χ2v) is 7.78. The molecule has 0 aliphatic heterocycles. The largest absolute Gasteiger partial charge is 0.481 e. The molecule has 0 aromatic heterocycles. The van der Waals surface area contributed by atoms with E-state index in [1.165, 1.54) is 6.92 Å².